The predicted molar refractivity (Wildman–Crippen MR) is 71.5 cm³/mol. The van der Waals surface area contributed by atoms with Crippen molar-refractivity contribution in [1.29, 1.82) is 0 Å². The number of carbonyl (C=O) groups excluding carboxylic acids is 1. The minimum atomic E-state index is -0.218. The van der Waals surface area contributed by atoms with Crippen LogP contribution in [0.5, 0.6) is 0 Å². The van der Waals surface area contributed by atoms with Crippen molar-refractivity contribution in [3.63, 3.8) is 0 Å². The number of ether oxygens (including phenoxy) is 1. The maximum Gasteiger partial charge on any atom is 0.236 e. The van der Waals surface area contributed by atoms with Crippen molar-refractivity contribution in [2.24, 2.45) is 0 Å². The van der Waals surface area contributed by atoms with E-state index in [9.17, 15) is 4.79 Å². The number of hydrogen-bond donors (Lipinski definition) is 0. The third-order valence-electron chi connectivity index (χ3n) is 3.86. The summed E-state index contributed by atoms with van der Waals surface area (Å²) in [5, 5.41) is 0. The number of amides is 1. The molecule has 18 heavy (non-hydrogen) atoms. The van der Waals surface area contributed by atoms with E-state index >= 15 is 0 Å². The molecule has 0 atom stereocenters. The lowest BCUT2D eigenvalue weighted by Gasteiger charge is -2.49. The second-order valence-electron chi connectivity index (χ2n) is 6.74. The van der Waals surface area contributed by atoms with Crippen molar-refractivity contribution in [2.75, 3.05) is 33.7 Å². The second kappa shape index (κ2) is 4.82. The van der Waals surface area contributed by atoms with Gasteiger partial charge in [0.15, 0.2) is 0 Å². The summed E-state index contributed by atoms with van der Waals surface area (Å²) in [5.74, 6) is 0.225. The third-order valence-corrected chi connectivity index (χ3v) is 3.86. The molecule has 2 aliphatic rings. The number of nitrogens with zero attached hydrogens (tertiary/aromatic N) is 2. The van der Waals surface area contributed by atoms with Crippen LogP contribution in [-0.4, -0.2) is 60.6 Å². The van der Waals surface area contributed by atoms with Gasteiger partial charge in [-0.05, 0) is 40.8 Å². The average Bonchev–Trinajstić information content (AvgIpc) is 2.62. The van der Waals surface area contributed by atoms with Crippen LogP contribution in [0, 0.1) is 0 Å². The van der Waals surface area contributed by atoms with E-state index < -0.39 is 0 Å². The number of morpholine rings is 1. The molecule has 0 N–H and O–H groups in total. The Labute approximate surface area is 110 Å². The maximum absolute atomic E-state index is 12.3. The molecule has 1 saturated carbocycles. The van der Waals surface area contributed by atoms with E-state index in [4.69, 9.17) is 4.74 Å². The first-order valence-corrected chi connectivity index (χ1v) is 6.95. The zero-order valence-electron chi connectivity index (χ0n) is 12.2. The molecule has 0 unspecified atom stereocenters. The molecule has 0 aromatic rings. The fourth-order valence-corrected chi connectivity index (χ4v) is 3.34. The van der Waals surface area contributed by atoms with Crippen LogP contribution in [0.4, 0.5) is 0 Å². The number of hydrogen-bond acceptors (Lipinski definition) is 3. The van der Waals surface area contributed by atoms with Crippen LogP contribution in [0.2, 0.25) is 0 Å². The molecule has 0 bridgehead atoms. The van der Waals surface area contributed by atoms with Crippen LogP contribution in [0.1, 0.15) is 39.5 Å². The van der Waals surface area contributed by atoms with Gasteiger partial charge in [0.2, 0.25) is 5.91 Å². The quantitative estimate of drug-likeness (QED) is 0.748. The topological polar surface area (TPSA) is 32.8 Å². The molecule has 1 heterocycles. The molecule has 0 aromatic heterocycles. The monoisotopic (exact) mass is 254 g/mol. The zero-order chi connectivity index (χ0) is 13.4. The molecular formula is C14H26N2O2. The Morgan fingerprint density at radius 3 is 2.39 bits per heavy atom. The fourth-order valence-electron chi connectivity index (χ4n) is 3.34. The average molecular weight is 254 g/mol. The summed E-state index contributed by atoms with van der Waals surface area (Å²) in [6.45, 7) is 6.18. The first-order valence-electron chi connectivity index (χ1n) is 6.95. The van der Waals surface area contributed by atoms with Crippen molar-refractivity contribution in [2.45, 2.75) is 50.7 Å². The van der Waals surface area contributed by atoms with Gasteiger partial charge in [0.1, 0.15) is 0 Å². The molecule has 1 saturated heterocycles. The first kappa shape index (κ1) is 13.8. The molecule has 1 spiro atoms. The Balaban J connectivity index is 2.09. The van der Waals surface area contributed by atoms with Gasteiger partial charge in [-0.3, -0.25) is 4.79 Å². The van der Waals surface area contributed by atoms with Gasteiger partial charge in [0.05, 0.1) is 17.7 Å². The molecule has 4 heteroatoms. The van der Waals surface area contributed by atoms with Crippen LogP contribution >= 0.6 is 0 Å². The first-order chi connectivity index (χ1) is 8.32. The lowest BCUT2D eigenvalue weighted by atomic mass is 9.94. The Hall–Kier alpha value is -0.610. The molecule has 4 nitrogen and oxygen atoms in total. The van der Waals surface area contributed by atoms with Crippen molar-refractivity contribution < 1.29 is 9.53 Å². The molecule has 0 radical (unpaired) electrons. The Bertz CT molecular complexity index is 320. The van der Waals surface area contributed by atoms with Crippen molar-refractivity contribution in [3.8, 4) is 0 Å². The van der Waals surface area contributed by atoms with Gasteiger partial charge < -0.3 is 14.5 Å². The van der Waals surface area contributed by atoms with Crippen LogP contribution in [-0.2, 0) is 9.53 Å². The normalized spacial score (nSPS) is 25.9. The summed E-state index contributed by atoms with van der Waals surface area (Å²) in [7, 11) is 3.88. The SMILES string of the molecule is CN(C)CC(=O)N1CC(C)(C)OC2(CCCC2)C1. The van der Waals surface area contributed by atoms with Crippen LogP contribution < -0.4 is 0 Å². The highest BCUT2D eigenvalue weighted by Gasteiger charge is 2.46. The summed E-state index contributed by atoms with van der Waals surface area (Å²) < 4.78 is 6.30. The standard InChI is InChI=1S/C14H26N2O2/c1-13(2)10-16(12(17)9-15(3)4)11-14(18-13)7-5-6-8-14/h5-11H2,1-4H3. The summed E-state index contributed by atoms with van der Waals surface area (Å²) in [6.07, 6.45) is 4.65. The van der Waals surface area contributed by atoms with Gasteiger partial charge >= 0.3 is 0 Å². The van der Waals surface area contributed by atoms with E-state index in [1.807, 2.05) is 23.9 Å². The number of likely N-dealkylation sites (N-methyl/N-ethyl adjacent to an activating group) is 1. The van der Waals surface area contributed by atoms with E-state index in [1.165, 1.54) is 12.8 Å². The predicted octanol–water partition coefficient (Wildman–Crippen LogP) is 1.50. The third kappa shape index (κ3) is 3.04. The smallest absolute Gasteiger partial charge is 0.236 e. The molecule has 2 fully saturated rings. The van der Waals surface area contributed by atoms with E-state index in [0.717, 1.165) is 19.4 Å². The van der Waals surface area contributed by atoms with Crippen molar-refractivity contribution >= 4 is 5.91 Å². The van der Waals surface area contributed by atoms with E-state index in [2.05, 4.69) is 13.8 Å². The molecule has 104 valence electrons. The molecular weight excluding hydrogens is 228 g/mol. The minimum Gasteiger partial charge on any atom is -0.365 e. The van der Waals surface area contributed by atoms with E-state index in [1.54, 1.807) is 0 Å². The molecule has 2 rings (SSSR count). The maximum atomic E-state index is 12.3. The number of carbonyl (C=O) groups is 1. The highest BCUT2D eigenvalue weighted by molar-refractivity contribution is 5.78. The lowest BCUT2D eigenvalue weighted by molar-refractivity contribution is -0.198. The molecule has 1 aliphatic heterocycles. The highest BCUT2D eigenvalue weighted by atomic mass is 16.5. The van der Waals surface area contributed by atoms with Gasteiger partial charge in [0, 0.05) is 13.1 Å². The fraction of sp³-hybridized carbons (Fsp3) is 0.929. The van der Waals surface area contributed by atoms with E-state index in [-0.39, 0.29) is 17.1 Å². The second-order valence-corrected chi connectivity index (χ2v) is 6.74. The largest absolute Gasteiger partial charge is 0.365 e. The summed E-state index contributed by atoms with van der Waals surface area (Å²) >= 11 is 0. The lowest BCUT2D eigenvalue weighted by Crippen LogP contribution is -2.60. The highest BCUT2D eigenvalue weighted by Crippen LogP contribution is 2.40. The van der Waals surface area contributed by atoms with Crippen molar-refractivity contribution in [1.82, 2.24) is 9.80 Å². The van der Waals surface area contributed by atoms with E-state index in [0.29, 0.717) is 13.1 Å². The summed E-state index contributed by atoms with van der Waals surface area (Å²) in [5.41, 5.74) is -0.283. The Morgan fingerprint density at radius 1 is 1.22 bits per heavy atom. The van der Waals surface area contributed by atoms with Crippen LogP contribution in [0.15, 0.2) is 0 Å². The van der Waals surface area contributed by atoms with Gasteiger partial charge in [0.25, 0.3) is 0 Å². The molecule has 1 aliphatic carbocycles. The summed E-state index contributed by atoms with van der Waals surface area (Å²) in [4.78, 5) is 16.2. The molecule has 0 aromatic carbocycles. The van der Waals surface area contributed by atoms with Crippen LogP contribution in [0.25, 0.3) is 0 Å². The Kier molecular flexibility index (Phi) is 3.70. The van der Waals surface area contributed by atoms with Crippen LogP contribution in [0.3, 0.4) is 0 Å². The van der Waals surface area contributed by atoms with Gasteiger partial charge in [-0.1, -0.05) is 12.8 Å². The van der Waals surface area contributed by atoms with Crippen molar-refractivity contribution in [3.05, 3.63) is 0 Å². The molecule has 1 amide bonds. The zero-order valence-corrected chi connectivity index (χ0v) is 12.2. The Morgan fingerprint density at radius 2 is 1.83 bits per heavy atom. The number of rotatable bonds is 2. The van der Waals surface area contributed by atoms with Gasteiger partial charge in [-0.2, -0.15) is 0 Å². The van der Waals surface area contributed by atoms with Gasteiger partial charge in [-0.15, -0.1) is 0 Å². The van der Waals surface area contributed by atoms with Gasteiger partial charge in [-0.25, -0.2) is 0 Å². The summed E-state index contributed by atoms with van der Waals surface area (Å²) in [6, 6.07) is 0. The minimum absolute atomic E-state index is 0.0658.